The van der Waals surface area contributed by atoms with Gasteiger partial charge >= 0.3 is 0 Å². The highest BCUT2D eigenvalue weighted by Crippen LogP contribution is 2.27. The lowest BCUT2D eigenvalue weighted by atomic mass is 10.2. The zero-order valence-corrected chi connectivity index (χ0v) is 19.2. The van der Waals surface area contributed by atoms with Crippen LogP contribution in [-0.2, 0) is 12.8 Å². The molecule has 4 rings (SSSR count). The first-order valence-electron chi connectivity index (χ1n) is 10.0. The van der Waals surface area contributed by atoms with E-state index in [0.29, 0.717) is 22.5 Å². The second-order valence-electron chi connectivity index (χ2n) is 6.89. The first kappa shape index (κ1) is 21.4. The Labute approximate surface area is 190 Å². The average Bonchev–Trinajstić information content (AvgIpc) is 3.41. The molecule has 4 aromatic rings. The Balaban J connectivity index is 1.44. The fraction of sp³-hybridized carbons (Fsp3) is 0.273. The van der Waals surface area contributed by atoms with E-state index in [1.807, 2.05) is 23.7 Å². The lowest BCUT2D eigenvalue weighted by Crippen LogP contribution is -2.21. The largest absolute Gasteiger partial charge is 0.372 e. The molecule has 7 nitrogen and oxygen atoms in total. The molecule has 0 radical (unpaired) electrons. The van der Waals surface area contributed by atoms with Gasteiger partial charge in [0.1, 0.15) is 0 Å². The SMILES string of the molecule is CCN(CC)c1ccc(-c2nnc(SCc3nc(-c4ccc(Cl)cc4)no3)n2C)cc1. The molecule has 0 bridgehead atoms. The maximum Gasteiger partial charge on any atom is 0.237 e. The van der Waals surface area contributed by atoms with E-state index in [9.17, 15) is 0 Å². The van der Waals surface area contributed by atoms with E-state index in [4.69, 9.17) is 16.1 Å². The third kappa shape index (κ3) is 4.75. The van der Waals surface area contributed by atoms with Crippen molar-refractivity contribution >= 4 is 29.1 Å². The van der Waals surface area contributed by atoms with E-state index >= 15 is 0 Å². The van der Waals surface area contributed by atoms with Gasteiger partial charge < -0.3 is 14.0 Å². The van der Waals surface area contributed by atoms with Gasteiger partial charge in [-0.15, -0.1) is 10.2 Å². The average molecular weight is 455 g/mol. The van der Waals surface area contributed by atoms with Crippen LogP contribution in [0.15, 0.2) is 58.2 Å². The molecule has 2 aromatic heterocycles. The van der Waals surface area contributed by atoms with Gasteiger partial charge in [0.2, 0.25) is 11.7 Å². The quantitative estimate of drug-likeness (QED) is 0.333. The van der Waals surface area contributed by atoms with Crippen LogP contribution >= 0.6 is 23.4 Å². The maximum atomic E-state index is 5.93. The van der Waals surface area contributed by atoms with Gasteiger partial charge in [-0.3, -0.25) is 0 Å². The third-order valence-electron chi connectivity index (χ3n) is 4.98. The van der Waals surface area contributed by atoms with E-state index in [1.165, 1.54) is 17.4 Å². The Morgan fingerprint density at radius 3 is 2.32 bits per heavy atom. The molecule has 0 saturated carbocycles. The van der Waals surface area contributed by atoms with Gasteiger partial charge in [0.15, 0.2) is 11.0 Å². The van der Waals surface area contributed by atoms with Gasteiger partial charge in [-0.2, -0.15) is 4.98 Å². The maximum absolute atomic E-state index is 5.93. The minimum atomic E-state index is 0.507. The Morgan fingerprint density at radius 1 is 0.968 bits per heavy atom. The fourth-order valence-electron chi connectivity index (χ4n) is 3.26. The Kier molecular flexibility index (Phi) is 6.58. The topological polar surface area (TPSA) is 72.9 Å². The Morgan fingerprint density at radius 2 is 1.65 bits per heavy atom. The predicted molar refractivity (Wildman–Crippen MR) is 124 cm³/mol. The predicted octanol–water partition coefficient (Wildman–Crippen LogP) is 5.32. The fourth-order valence-corrected chi connectivity index (χ4v) is 4.13. The van der Waals surface area contributed by atoms with Gasteiger partial charge in [0.25, 0.3) is 0 Å². The molecule has 0 atom stereocenters. The second-order valence-corrected chi connectivity index (χ2v) is 8.27. The minimum Gasteiger partial charge on any atom is -0.372 e. The number of hydrogen-bond donors (Lipinski definition) is 0. The van der Waals surface area contributed by atoms with Crippen molar-refractivity contribution in [3.05, 3.63) is 59.4 Å². The van der Waals surface area contributed by atoms with Crippen molar-refractivity contribution in [3.8, 4) is 22.8 Å². The molecule has 0 fully saturated rings. The first-order valence-corrected chi connectivity index (χ1v) is 11.4. The van der Waals surface area contributed by atoms with Crippen molar-refractivity contribution in [3.63, 3.8) is 0 Å². The summed E-state index contributed by atoms with van der Waals surface area (Å²) in [5.74, 6) is 2.40. The number of anilines is 1. The molecular formula is C22H23ClN6OS. The van der Waals surface area contributed by atoms with Crippen molar-refractivity contribution in [1.82, 2.24) is 24.9 Å². The third-order valence-corrected chi connectivity index (χ3v) is 6.24. The summed E-state index contributed by atoms with van der Waals surface area (Å²) in [5.41, 5.74) is 3.09. The van der Waals surface area contributed by atoms with Crippen LogP contribution in [-0.4, -0.2) is 38.0 Å². The smallest absolute Gasteiger partial charge is 0.237 e. The molecule has 0 amide bonds. The Bertz CT molecular complexity index is 1140. The Hall–Kier alpha value is -2.84. The zero-order valence-electron chi connectivity index (χ0n) is 17.6. The number of benzene rings is 2. The van der Waals surface area contributed by atoms with Crippen molar-refractivity contribution < 1.29 is 4.52 Å². The summed E-state index contributed by atoms with van der Waals surface area (Å²) in [5, 5.41) is 14.2. The van der Waals surface area contributed by atoms with Gasteiger partial charge in [-0.05, 0) is 62.4 Å². The highest BCUT2D eigenvalue weighted by Gasteiger charge is 2.14. The summed E-state index contributed by atoms with van der Waals surface area (Å²) in [6.45, 7) is 6.28. The van der Waals surface area contributed by atoms with Crippen LogP contribution in [0, 0.1) is 0 Å². The molecule has 0 aliphatic rings. The van der Waals surface area contributed by atoms with Crippen molar-refractivity contribution in [2.24, 2.45) is 7.05 Å². The van der Waals surface area contributed by atoms with Gasteiger partial charge in [0, 0.05) is 42.0 Å². The van der Waals surface area contributed by atoms with E-state index in [-0.39, 0.29) is 0 Å². The first-order chi connectivity index (χ1) is 15.1. The number of rotatable bonds is 8. The van der Waals surface area contributed by atoms with Gasteiger partial charge in [0.05, 0.1) is 5.75 Å². The lowest BCUT2D eigenvalue weighted by molar-refractivity contribution is 0.391. The summed E-state index contributed by atoms with van der Waals surface area (Å²) in [4.78, 5) is 6.77. The van der Waals surface area contributed by atoms with Crippen LogP contribution in [0.25, 0.3) is 22.8 Å². The molecule has 0 saturated heterocycles. The minimum absolute atomic E-state index is 0.507. The van der Waals surface area contributed by atoms with Crippen LogP contribution in [0.5, 0.6) is 0 Å². The van der Waals surface area contributed by atoms with E-state index in [2.05, 4.69) is 63.4 Å². The standard InChI is InChI=1S/C22H23ClN6OS/c1-4-29(5-2)18-12-8-16(9-13-18)21-25-26-22(28(21)3)31-14-19-24-20(27-30-19)15-6-10-17(23)11-7-15/h6-13H,4-5,14H2,1-3H3. The highest BCUT2D eigenvalue weighted by atomic mass is 35.5. The summed E-state index contributed by atoms with van der Waals surface area (Å²) in [7, 11) is 1.96. The monoisotopic (exact) mass is 454 g/mol. The molecule has 2 heterocycles. The lowest BCUT2D eigenvalue weighted by Gasteiger charge is -2.21. The van der Waals surface area contributed by atoms with Crippen LogP contribution in [0.1, 0.15) is 19.7 Å². The number of halogens is 1. The molecule has 0 N–H and O–H groups in total. The molecule has 0 aliphatic heterocycles. The summed E-state index contributed by atoms with van der Waals surface area (Å²) < 4.78 is 7.36. The summed E-state index contributed by atoms with van der Waals surface area (Å²) in [6, 6.07) is 15.8. The molecule has 160 valence electrons. The molecule has 0 spiro atoms. The van der Waals surface area contributed by atoms with Crippen LogP contribution in [0.3, 0.4) is 0 Å². The normalized spacial score (nSPS) is 11.1. The summed E-state index contributed by atoms with van der Waals surface area (Å²) in [6.07, 6.45) is 0. The van der Waals surface area contributed by atoms with Gasteiger partial charge in [-0.1, -0.05) is 28.5 Å². The number of nitrogens with zero attached hydrogens (tertiary/aromatic N) is 6. The molecule has 2 aromatic carbocycles. The number of aromatic nitrogens is 5. The van der Waals surface area contributed by atoms with Crippen LogP contribution < -0.4 is 4.90 Å². The van der Waals surface area contributed by atoms with Gasteiger partial charge in [-0.25, -0.2) is 0 Å². The molecule has 9 heteroatoms. The molecule has 0 unspecified atom stereocenters. The van der Waals surface area contributed by atoms with E-state index in [0.717, 1.165) is 35.2 Å². The molecule has 0 aliphatic carbocycles. The molecular weight excluding hydrogens is 432 g/mol. The van der Waals surface area contributed by atoms with Crippen molar-refractivity contribution in [1.29, 1.82) is 0 Å². The molecule has 31 heavy (non-hydrogen) atoms. The number of hydrogen-bond acceptors (Lipinski definition) is 7. The zero-order chi connectivity index (χ0) is 21.8. The van der Waals surface area contributed by atoms with Crippen molar-refractivity contribution in [2.45, 2.75) is 24.8 Å². The second kappa shape index (κ2) is 9.53. The van der Waals surface area contributed by atoms with Crippen LogP contribution in [0.2, 0.25) is 5.02 Å². The van der Waals surface area contributed by atoms with Crippen molar-refractivity contribution in [2.75, 3.05) is 18.0 Å². The van der Waals surface area contributed by atoms with E-state index < -0.39 is 0 Å². The highest BCUT2D eigenvalue weighted by molar-refractivity contribution is 7.98. The number of thioether (sulfide) groups is 1. The van der Waals surface area contributed by atoms with Crippen LogP contribution in [0.4, 0.5) is 5.69 Å². The summed E-state index contributed by atoms with van der Waals surface area (Å²) >= 11 is 7.44. The van der Waals surface area contributed by atoms with E-state index in [1.54, 1.807) is 12.1 Å².